The van der Waals surface area contributed by atoms with Crippen molar-refractivity contribution in [3.05, 3.63) is 77.6 Å². The number of piperidine rings is 1. The molecule has 4 aromatic rings. The molecule has 0 N–H and O–H groups in total. The molecule has 0 aliphatic carbocycles. The third-order valence-corrected chi connectivity index (χ3v) is 9.37. The fraction of sp³-hybridized carbons (Fsp3) is 0.345. The summed E-state index contributed by atoms with van der Waals surface area (Å²) in [6.07, 6.45) is 0.272. The van der Waals surface area contributed by atoms with Crippen molar-refractivity contribution in [1.82, 2.24) is 19.7 Å². The Kier molecular flexibility index (Phi) is 7.85. The van der Waals surface area contributed by atoms with E-state index in [0.29, 0.717) is 35.3 Å². The van der Waals surface area contributed by atoms with E-state index in [4.69, 9.17) is 13.9 Å². The summed E-state index contributed by atoms with van der Waals surface area (Å²) in [6.45, 7) is 3.61. The number of aromatic nitrogens is 3. The third kappa shape index (κ3) is 5.69. The number of rotatable bonds is 8. The van der Waals surface area contributed by atoms with Gasteiger partial charge in [0.15, 0.2) is 21.4 Å². The predicted molar refractivity (Wildman–Crippen MR) is 149 cm³/mol. The molecular formula is C29H31FN4O6S. The molecule has 2 aromatic heterocycles. The van der Waals surface area contributed by atoms with Crippen molar-refractivity contribution in [3.63, 3.8) is 0 Å². The lowest BCUT2D eigenvalue weighted by molar-refractivity contribution is -0.129. The van der Waals surface area contributed by atoms with Gasteiger partial charge in [0, 0.05) is 25.9 Å². The van der Waals surface area contributed by atoms with Crippen LogP contribution in [0.3, 0.4) is 0 Å². The van der Waals surface area contributed by atoms with E-state index in [2.05, 4.69) is 10.2 Å². The second-order valence-corrected chi connectivity index (χ2v) is 12.3. The second-order valence-electron chi connectivity index (χ2n) is 10.0. The maximum Gasteiger partial charge on any atom is 0.219 e. The summed E-state index contributed by atoms with van der Waals surface area (Å²) in [7, 11) is -0.881. The highest BCUT2D eigenvalue weighted by molar-refractivity contribution is 7.91. The lowest BCUT2D eigenvalue weighted by Crippen LogP contribution is -2.47. The fourth-order valence-corrected chi connectivity index (χ4v) is 6.97. The Hall–Kier alpha value is -4.19. The Morgan fingerprint density at radius 3 is 2.29 bits per heavy atom. The van der Waals surface area contributed by atoms with Crippen molar-refractivity contribution >= 4 is 15.7 Å². The molecule has 2 aromatic carbocycles. The Morgan fingerprint density at radius 1 is 1.02 bits per heavy atom. The Morgan fingerprint density at radius 2 is 1.71 bits per heavy atom. The fourth-order valence-electron chi connectivity index (χ4n) is 5.26. The van der Waals surface area contributed by atoms with Crippen LogP contribution in [0.4, 0.5) is 4.39 Å². The Balaban J connectivity index is 1.57. The number of hydrogen-bond donors (Lipinski definition) is 0. The lowest BCUT2D eigenvalue weighted by Gasteiger charge is -2.37. The van der Waals surface area contributed by atoms with Crippen LogP contribution in [0.5, 0.6) is 11.5 Å². The normalized spacial score (nSPS) is 17.4. The molecule has 1 aliphatic rings. The van der Waals surface area contributed by atoms with Gasteiger partial charge in [-0.25, -0.2) is 12.8 Å². The second kappa shape index (κ2) is 11.4. The number of aryl methyl sites for hydroxylation is 1. The Labute approximate surface area is 237 Å². The molecule has 41 heavy (non-hydrogen) atoms. The van der Waals surface area contributed by atoms with Crippen molar-refractivity contribution in [1.29, 1.82) is 0 Å². The molecule has 0 unspecified atom stereocenters. The number of carbonyl (C=O) groups is 1. The van der Waals surface area contributed by atoms with Gasteiger partial charge in [0.2, 0.25) is 11.7 Å². The quantitative estimate of drug-likeness (QED) is 0.302. The maximum atomic E-state index is 14.0. The van der Waals surface area contributed by atoms with Crippen LogP contribution in [0.25, 0.3) is 17.3 Å². The number of halogens is 1. The van der Waals surface area contributed by atoms with Crippen molar-refractivity contribution in [3.8, 4) is 28.8 Å². The molecule has 10 nitrogen and oxygen atoms in total. The first-order valence-electron chi connectivity index (χ1n) is 13.1. The molecule has 0 saturated carbocycles. The molecule has 2 atom stereocenters. The number of likely N-dealkylation sites (tertiary alicyclic amines) is 1. The van der Waals surface area contributed by atoms with Crippen molar-refractivity contribution in [2.24, 2.45) is 0 Å². The summed E-state index contributed by atoms with van der Waals surface area (Å²) in [5.74, 6) is 0.945. The van der Waals surface area contributed by atoms with Gasteiger partial charge in [-0.1, -0.05) is 18.2 Å². The van der Waals surface area contributed by atoms with Crippen LogP contribution in [0, 0.1) is 12.7 Å². The van der Waals surface area contributed by atoms with Gasteiger partial charge in [-0.15, -0.1) is 10.2 Å². The number of nitrogens with zero attached hydrogens (tertiary/aromatic N) is 4. The van der Waals surface area contributed by atoms with E-state index in [-0.39, 0.29) is 42.3 Å². The molecule has 5 rings (SSSR count). The van der Waals surface area contributed by atoms with Crippen molar-refractivity contribution in [2.75, 3.05) is 27.3 Å². The molecule has 1 amide bonds. The number of sulfone groups is 1. The molecule has 1 saturated heterocycles. The number of ether oxygens (including phenoxy) is 2. The largest absolute Gasteiger partial charge is 0.494 e. The number of carbonyl (C=O) groups excluding carboxylic acids is 1. The number of methoxy groups -OCH3 is 2. The van der Waals surface area contributed by atoms with Crippen LogP contribution in [-0.2, 0) is 20.4 Å². The van der Waals surface area contributed by atoms with Gasteiger partial charge < -0.3 is 18.8 Å². The highest BCUT2D eigenvalue weighted by Crippen LogP contribution is 2.38. The van der Waals surface area contributed by atoms with Gasteiger partial charge in [-0.2, -0.15) is 0 Å². The maximum absolute atomic E-state index is 14.0. The molecule has 1 aliphatic heterocycles. The summed E-state index contributed by atoms with van der Waals surface area (Å²) < 4.78 is 60.3. The highest BCUT2D eigenvalue weighted by atomic mass is 32.2. The number of furan rings is 1. The highest BCUT2D eigenvalue weighted by Gasteiger charge is 2.38. The number of benzene rings is 2. The van der Waals surface area contributed by atoms with Gasteiger partial charge in [-0.3, -0.25) is 9.36 Å². The SMILES string of the molecule is COc1cccc(OC)c1-n1c(CS(=O)(=O)[C@H]2C[C@@H](c3ccc(F)cc3)CN(C(C)=O)C2)nnc1-c1ccc(C)o1. The van der Waals surface area contributed by atoms with Gasteiger partial charge in [0.1, 0.15) is 34.5 Å². The summed E-state index contributed by atoms with van der Waals surface area (Å²) in [5, 5.41) is 7.72. The summed E-state index contributed by atoms with van der Waals surface area (Å²) >= 11 is 0. The first-order valence-corrected chi connectivity index (χ1v) is 14.8. The molecule has 216 valence electrons. The van der Waals surface area contributed by atoms with Crippen LogP contribution in [0.15, 0.2) is 59.0 Å². The Bertz CT molecular complexity index is 1640. The minimum atomic E-state index is -3.89. The molecule has 1 fully saturated rings. The number of amides is 1. The smallest absolute Gasteiger partial charge is 0.219 e. The zero-order valence-electron chi connectivity index (χ0n) is 23.2. The average molecular weight is 583 g/mol. The van der Waals surface area contributed by atoms with E-state index in [0.717, 1.165) is 5.56 Å². The molecule has 3 heterocycles. The topological polar surface area (TPSA) is 117 Å². The zero-order valence-corrected chi connectivity index (χ0v) is 24.0. The van der Waals surface area contributed by atoms with Crippen molar-refractivity contribution in [2.45, 2.75) is 37.2 Å². The van der Waals surface area contributed by atoms with Crippen molar-refractivity contribution < 1.29 is 31.5 Å². The monoisotopic (exact) mass is 582 g/mol. The van der Waals surface area contributed by atoms with E-state index in [9.17, 15) is 17.6 Å². The third-order valence-electron chi connectivity index (χ3n) is 7.35. The van der Waals surface area contributed by atoms with E-state index in [1.54, 1.807) is 54.0 Å². The number of para-hydroxylation sites is 1. The van der Waals surface area contributed by atoms with E-state index >= 15 is 0 Å². The summed E-state index contributed by atoms with van der Waals surface area (Å²) in [6, 6.07) is 14.7. The predicted octanol–water partition coefficient (Wildman–Crippen LogP) is 4.31. The minimum absolute atomic E-state index is 0.0473. The van der Waals surface area contributed by atoms with Gasteiger partial charge in [0.25, 0.3) is 0 Å². The molecule has 0 radical (unpaired) electrons. The molecule has 12 heteroatoms. The summed E-state index contributed by atoms with van der Waals surface area (Å²) in [4.78, 5) is 13.9. The van der Waals surface area contributed by atoms with Crippen LogP contribution in [0.1, 0.15) is 36.4 Å². The van der Waals surface area contributed by atoms with Gasteiger partial charge in [-0.05, 0) is 55.3 Å². The first kappa shape index (κ1) is 28.3. The van der Waals surface area contributed by atoms with E-state index < -0.39 is 20.8 Å². The lowest BCUT2D eigenvalue weighted by atomic mass is 9.90. The first-order chi connectivity index (χ1) is 19.6. The standard InChI is InChI=1S/C29H31FN4O6S/c1-18-8-13-26(40-18)29-32-31-27(34(29)28-24(38-3)6-5-7-25(28)39-4)17-41(36,37)23-14-21(15-33(16-23)19(2)35)20-9-11-22(30)12-10-20/h5-13,21,23H,14-17H2,1-4H3/t21-,23+/m1/s1. The van der Waals surface area contributed by atoms with Crippen LogP contribution in [0.2, 0.25) is 0 Å². The van der Waals surface area contributed by atoms with Crippen LogP contribution in [-0.4, -0.2) is 66.5 Å². The molecular weight excluding hydrogens is 551 g/mol. The summed E-state index contributed by atoms with van der Waals surface area (Å²) in [5.41, 5.74) is 1.20. The minimum Gasteiger partial charge on any atom is -0.494 e. The zero-order chi connectivity index (χ0) is 29.3. The van der Waals surface area contributed by atoms with Crippen LogP contribution >= 0.6 is 0 Å². The van der Waals surface area contributed by atoms with E-state index in [1.165, 1.54) is 38.2 Å². The molecule has 0 spiro atoms. The molecule has 0 bridgehead atoms. The van der Waals surface area contributed by atoms with E-state index in [1.807, 2.05) is 0 Å². The van der Waals surface area contributed by atoms with Gasteiger partial charge in [0.05, 0.1) is 19.5 Å². The van der Waals surface area contributed by atoms with Crippen LogP contribution < -0.4 is 9.47 Å². The number of hydrogen-bond acceptors (Lipinski definition) is 8. The van der Waals surface area contributed by atoms with Gasteiger partial charge >= 0.3 is 0 Å². The average Bonchev–Trinajstić information content (AvgIpc) is 3.57.